The Balaban J connectivity index is 2.22. The smallest absolute Gasteiger partial charge is 0.330 e. The second-order valence-electron chi connectivity index (χ2n) is 4.22. The molecule has 110 valence electrons. The van der Waals surface area contributed by atoms with Crippen LogP contribution < -0.4 is 0 Å². The summed E-state index contributed by atoms with van der Waals surface area (Å²) in [5.41, 5.74) is 1.89. The lowest BCUT2D eigenvalue weighted by molar-refractivity contribution is -0.134. The Kier molecular flexibility index (Phi) is 5.35. The Hall–Kier alpha value is -3.04. The standard InChI is InChI=1S/C17H13FN2O2/c1-22-17(21)11-6-13-4-2-3-5-16(13)20-12-19-15-9-7-14(18)8-10-15/h2-11H,1H3/b11-6+. The predicted octanol–water partition coefficient (Wildman–Crippen LogP) is 4.15. The van der Waals surface area contributed by atoms with E-state index < -0.39 is 5.97 Å². The summed E-state index contributed by atoms with van der Waals surface area (Å²) >= 11 is 0. The topological polar surface area (TPSA) is 51.0 Å². The molecule has 0 aromatic heterocycles. The summed E-state index contributed by atoms with van der Waals surface area (Å²) in [4.78, 5) is 19.2. The van der Waals surface area contributed by atoms with E-state index in [9.17, 15) is 9.18 Å². The number of carbonyl (C=O) groups is 1. The highest BCUT2D eigenvalue weighted by atomic mass is 19.1. The number of ether oxygens (including phenoxy) is 1. The van der Waals surface area contributed by atoms with Crippen molar-refractivity contribution in [3.63, 3.8) is 0 Å². The summed E-state index contributed by atoms with van der Waals surface area (Å²) in [7, 11) is 1.31. The minimum atomic E-state index is -0.446. The summed E-state index contributed by atoms with van der Waals surface area (Å²) in [6.07, 6.45) is 2.91. The number of methoxy groups -OCH3 is 1. The molecule has 0 saturated heterocycles. The molecule has 0 bridgehead atoms. The normalized spacial score (nSPS) is 10.1. The van der Waals surface area contributed by atoms with E-state index in [2.05, 4.69) is 20.7 Å². The van der Waals surface area contributed by atoms with Crippen molar-refractivity contribution in [2.24, 2.45) is 9.98 Å². The van der Waals surface area contributed by atoms with Crippen LogP contribution >= 0.6 is 0 Å². The van der Waals surface area contributed by atoms with Crippen LogP contribution in [-0.2, 0) is 9.53 Å². The van der Waals surface area contributed by atoms with Crippen LogP contribution in [0.5, 0.6) is 0 Å². The highest BCUT2D eigenvalue weighted by molar-refractivity contribution is 5.88. The number of nitrogens with zero attached hydrogens (tertiary/aromatic N) is 2. The molecule has 0 N–H and O–H groups in total. The van der Waals surface area contributed by atoms with Gasteiger partial charge in [-0.15, -0.1) is 0 Å². The number of benzene rings is 2. The van der Waals surface area contributed by atoms with Gasteiger partial charge in [0.25, 0.3) is 0 Å². The number of aliphatic imine (C=N–C) groups is 2. The van der Waals surface area contributed by atoms with Crippen molar-refractivity contribution in [1.82, 2.24) is 0 Å². The maximum absolute atomic E-state index is 12.8. The quantitative estimate of drug-likeness (QED) is 0.483. The van der Waals surface area contributed by atoms with Gasteiger partial charge in [0, 0.05) is 11.6 Å². The summed E-state index contributed by atoms with van der Waals surface area (Å²) in [5, 5.41) is 0. The number of para-hydroxylation sites is 1. The number of halogens is 1. The van der Waals surface area contributed by atoms with Gasteiger partial charge in [-0.3, -0.25) is 0 Å². The Bertz CT molecular complexity index is 746. The molecule has 0 fully saturated rings. The van der Waals surface area contributed by atoms with Gasteiger partial charge >= 0.3 is 5.97 Å². The number of hydrogen-bond acceptors (Lipinski definition) is 4. The van der Waals surface area contributed by atoms with Crippen LogP contribution in [0.3, 0.4) is 0 Å². The Morgan fingerprint density at radius 1 is 1.14 bits per heavy atom. The minimum absolute atomic E-state index is 0.325. The zero-order valence-corrected chi connectivity index (χ0v) is 11.9. The van der Waals surface area contributed by atoms with Crippen LogP contribution in [0, 0.1) is 5.82 Å². The first-order chi connectivity index (χ1) is 10.7. The molecule has 0 heterocycles. The van der Waals surface area contributed by atoms with Gasteiger partial charge in [-0.1, -0.05) is 18.2 Å². The van der Waals surface area contributed by atoms with E-state index in [0.29, 0.717) is 11.4 Å². The molecule has 0 radical (unpaired) electrons. The van der Waals surface area contributed by atoms with Crippen LogP contribution in [0.2, 0.25) is 0 Å². The molecule has 5 heteroatoms. The van der Waals surface area contributed by atoms with E-state index in [4.69, 9.17) is 0 Å². The van der Waals surface area contributed by atoms with Crippen molar-refractivity contribution in [1.29, 1.82) is 0 Å². The van der Waals surface area contributed by atoms with E-state index in [0.717, 1.165) is 5.56 Å². The van der Waals surface area contributed by atoms with Gasteiger partial charge in [-0.05, 0) is 36.4 Å². The Morgan fingerprint density at radius 2 is 1.86 bits per heavy atom. The molecule has 0 unspecified atom stereocenters. The molecular weight excluding hydrogens is 283 g/mol. The van der Waals surface area contributed by atoms with Crippen molar-refractivity contribution in [3.8, 4) is 0 Å². The van der Waals surface area contributed by atoms with Gasteiger partial charge in [0.1, 0.15) is 11.8 Å². The number of carbonyl (C=O) groups excluding carboxylic acids is 1. The van der Waals surface area contributed by atoms with E-state index >= 15 is 0 Å². The molecule has 0 aliphatic carbocycles. The van der Waals surface area contributed by atoms with Crippen molar-refractivity contribution in [3.05, 3.63) is 66.0 Å². The van der Waals surface area contributed by atoms with Gasteiger partial charge in [0.2, 0.25) is 0 Å². The van der Waals surface area contributed by atoms with Gasteiger partial charge in [-0.25, -0.2) is 9.18 Å². The first kappa shape index (κ1) is 15.4. The summed E-state index contributed by atoms with van der Waals surface area (Å²) < 4.78 is 17.3. The molecule has 0 saturated carbocycles. The first-order valence-electron chi connectivity index (χ1n) is 6.46. The van der Waals surface area contributed by atoms with Crippen LogP contribution in [0.1, 0.15) is 5.56 Å². The highest BCUT2D eigenvalue weighted by Gasteiger charge is 1.97. The Morgan fingerprint density at radius 3 is 2.59 bits per heavy atom. The molecule has 4 nitrogen and oxygen atoms in total. The SMILES string of the molecule is COC(=O)/C=C/c1ccccc1N=C=Nc1ccc(F)cc1. The molecule has 0 atom stereocenters. The van der Waals surface area contributed by atoms with Gasteiger partial charge in [0.15, 0.2) is 0 Å². The number of rotatable bonds is 4. The van der Waals surface area contributed by atoms with Crippen molar-refractivity contribution >= 4 is 29.4 Å². The average molecular weight is 296 g/mol. The molecule has 0 aliphatic heterocycles. The first-order valence-corrected chi connectivity index (χ1v) is 6.46. The summed E-state index contributed by atoms with van der Waals surface area (Å²) in [6.45, 7) is 0. The van der Waals surface area contributed by atoms with Crippen molar-refractivity contribution in [2.75, 3.05) is 7.11 Å². The summed E-state index contributed by atoms with van der Waals surface area (Å²) in [6, 6.07) is 15.5. The van der Waals surface area contributed by atoms with E-state index in [1.54, 1.807) is 18.2 Å². The molecular formula is C17H13FN2O2. The Labute approximate surface area is 127 Å². The zero-order chi connectivity index (χ0) is 15.8. The monoisotopic (exact) mass is 296 g/mol. The van der Waals surface area contributed by atoms with Crippen LogP contribution in [0.4, 0.5) is 15.8 Å². The molecule has 0 spiro atoms. The van der Waals surface area contributed by atoms with Gasteiger partial charge < -0.3 is 4.74 Å². The molecule has 2 aromatic rings. The van der Waals surface area contributed by atoms with Crippen LogP contribution in [0.15, 0.2) is 64.6 Å². The summed E-state index contributed by atoms with van der Waals surface area (Å²) in [5.74, 6) is -0.770. The minimum Gasteiger partial charge on any atom is -0.466 e. The fourth-order valence-corrected chi connectivity index (χ4v) is 1.61. The molecule has 0 amide bonds. The maximum Gasteiger partial charge on any atom is 0.330 e. The zero-order valence-electron chi connectivity index (χ0n) is 11.9. The van der Waals surface area contributed by atoms with Gasteiger partial charge in [-0.2, -0.15) is 9.98 Å². The second kappa shape index (κ2) is 7.67. The lowest BCUT2D eigenvalue weighted by Gasteiger charge is -1.97. The third-order valence-electron chi connectivity index (χ3n) is 2.71. The van der Waals surface area contributed by atoms with E-state index in [1.807, 2.05) is 12.1 Å². The van der Waals surface area contributed by atoms with Crippen LogP contribution in [0.25, 0.3) is 6.08 Å². The van der Waals surface area contributed by atoms with E-state index in [-0.39, 0.29) is 5.82 Å². The molecule has 22 heavy (non-hydrogen) atoms. The average Bonchev–Trinajstić information content (AvgIpc) is 2.55. The van der Waals surface area contributed by atoms with Crippen molar-refractivity contribution in [2.45, 2.75) is 0 Å². The van der Waals surface area contributed by atoms with Crippen LogP contribution in [-0.4, -0.2) is 19.1 Å². The largest absolute Gasteiger partial charge is 0.466 e. The number of esters is 1. The number of hydrogen-bond donors (Lipinski definition) is 0. The third-order valence-corrected chi connectivity index (χ3v) is 2.71. The molecule has 2 aromatic carbocycles. The second-order valence-corrected chi connectivity index (χ2v) is 4.22. The fourth-order valence-electron chi connectivity index (χ4n) is 1.61. The highest BCUT2D eigenvalue weighted by Crippen LogP contribution is 2.19. The lowest BCUT2D eigenvalue weighted by Crippen LogP contribution is -1.93. The molecule has 2 rings (SSSR count). The van der Waals surface area contributed by atoms with Crippen molar-refractivity contribution < 1.29 is 13.9 Å². The van der Waals surface area contributed by atoms with Gasteiger partial charge in [0.05, 0.1) is 18.5 Å². The third kappa shape index (κ3) is 4.51. The predicted molar refractivity (Wildman–Crippen MR) is 83.1 cm³/mol. The maximum atomic E-state index is 12.8. The fraction of sp³-hybridized carbons (Fsp3) is 0.0588. The molecule has 0 aliphatic rings. The lowest BCUT2D eigenvalue weighted by atomic mass is 10.1. The van der Waals surface area contributed by atoms with E-state index in [1.165, 1.54) is 37.5 Å².